The molecule has 4 nitrogen and oxygen atoms in total. The molecule has 1 aromatic rings. The molecule has 0 spiro atoms. The Morgan fingerprint density at radius 1 is 1.42 bits per heavy atom. The minimum absolute atomic E-state index is 0.241. The van der Waals surface area contributed by atoms with Crippen molar-refractivity contribution in [3.8, 4) is 5.75 Å². The molecule has 1 N–H and O–H groups in total. The summed E-state index contributed by atoms with van der Waals surface area (Å²) >= 11 is 0. The fraction of sp³-hybridized carbons (Fsp3) is 0.200. The Kier molecular flexibility index (Phi) is 5.54. The van der Waals surface area contributed by atoms with E-state index in [2.05, 4.69) is 16.9 Å². The molecule has 1 heterocycles. The molecule has 0 radical (unpaired) electrons. The van der Waals surface area contributed by atoms with Gasteiger partial charge >= 0.3 is 0 Å². The van der Waals surface area contributed by atoms with Crippen LogP contribution in [0.2, 0.25) is 0 Å². The molecule has 0 aliphatic heterocycles. The van der Waals surface area contributed by atoms with Crippen LogP contribution < -0.4 is 10.1 Å². The summed E-state index contributed by atoms with van der Waals surface area (Å²) in [6.07, 6.45) is 7.05. The van der Waals surface area contributed by atoms with Gasteiger partial charge in [-0.3, -0.25) is 9.78 Å². The second-order valence-corrected chi connectivity index (χ2v) is 3.95. The maximum atomic E-state index is 11.4. The maximum absolute atomic E-state index is 11.4. The Morgan fingerprint density at radius 2 is 2.16 bits per heavy atom. The summed E-state index contributed by atoms with van der Waals surface area (Å²) in [5.74, 6) is 1.05. The lowest BCUT2D eigenvalue weighted by molar-refractivity contribution is 0.0958. The van der Waals surface area contributed by atoms with Gasteiger partial charge in [-0.1, -0.05) is 24.3 Å². The smallest absolute Gasteiger partial charge is 0.269 e. The van der Waals surface area contributed by atoms with Gasteiger partial charge in [-0.15, -0.1) is 0 Å². The van der Waals surface area contributed by atoms with Crippen LogP contribution in [0.25, 0.3) is 0 Å². The number of carbonyl (C=O) groups is 1. The van der Waals surface area contributed by atoms with Gasteiger partial charge in [-0.2, -0.15) is 0 Å². The quantitative estimate of drug-likeness (QED) is 0.652. The fourth-order valence-electron chi connectivity index (χ4n) is 1.26. The molecule has 0 aliphatic rings. The maximum Gasteiger partial charge on any atom is 0.269 e. The SMILES string of the molecule is C=C/C(C)=C\C=C(/C)Oc1ccnc(C(=O)NC)c1. The molecular weight excluding hydrogens is 240 g/mol. The van der Waals surface area contributed by atoms with Crippen molar-refractivity contribution in [2.24, 2.45) is 0 Å². The summed E-state index contributed by atoms with van der Waals surface area (Å²) in [5, 5.41) is 2.52. The molecule has 0 fully saturated rings. The standard InChI is InChI=1S/C15H18N2O2/c1-5-11(2)6-7-12(3)19-13-8-9-17-14(10-13)15(18)16-4/h5-10H,1H2,2-4H3,(H,16,18)/b11-6-,12-7+. The van der Waals surface area contributed by atoms with Gasteiger partial charge in [0.1, 0.15) is 17.2 Å². The Bertz CT molecular complexity index is 531. The van der Waals surface area contributed by atoms with Crippen molar-refractivity contribution >= 4 is 5.91 Å². The minimum atomic E-state index is -0.241. The van der Waals surface area contributed by atoms with Gasteiger partial charge in [0.15, 0.2) is 0 Å². The van der Waals surface area contributed by atoms with Crippen molar-refractivity contribution in [3.63, 3.8) is 0 Å². The molecule has 19 heavy (non-hydrogen) atoms. The second-order valence-electron chi connectivity index (χ2n) is 3.95. The Morgan fingerprint density at radius 3 is 2.79 bits per heavy atom. The second kappa shape index (κ2) is 7.16. The highest BCUT2D eigenvalue weighted by Crippen LogP contribution is 2.14. The van der Waals surface area contributed by atoms with Crippen molar-refractivity contribution < 1.29 is 9.53 Å². The lowest BCUT2D eigenvalue weighted by Gasteiger charge is -2.06. The Balaban J connectivity index is 2.82. The van der Waals surface area contributed by atoms with E-state index >= 15 is 0 Å². The average Bonchev–Trinajstić information content (AvgIpc) is 2.44. The third kappa shape index (κ3) is 4.79. The van der Waals surface area contributed by atoms with Crippen molar-refractivity contribution in [3.05, 3.63) is 60.2 Å². The van der Waals surface area contributed by atoms with E-state index in [9.17, 15) is 4.79 Å². The first-order valence-electron chi connectivity index (χ1n) is 5.90. The van der Waals surface area contributed by atoms with E-state index in [-0.39, 0.29) is 5.91 Å². The zero-order chi connectivity index (χ0) is 14.3. The molecule has 1 rings (SSSR count). The van der Waals surface area contributed by atoms with Gasteiger partial charge in [0.25, 0.3) is 5.91 Å². The predicted octanol–water partition coefficient (Wildman–Crippen LogP) is 2.86. The van der Waals surface area contributed by atoms with Crippen molar-refractivity contribution in [1.29, 1.82) is 0 Å². The lowest BCUT2D eigenvalue weighted by atomic mass is 10.2. The molecule has 0 saturated carbocycles. The number of hydrogen-bond donors (Lipinski definition) is 1. The highest BCUT2D eigenvalue weighted by Gasteiger charge is 2.06. The van der Waals surface area contributed by atoms with Crippen molar-refractivity contribution in [2.75, 3.05) is 7.05 Å². The molecule has 0 saturated heterocycles. The number of hydrogen-bond acceptors (Lipinski definition) is 3. The molecule has 0 atom stereocenters. The normalized spacial score (nSPS) is 11.9. The number of rotatable bonds is 5. The number of nitrogens with zero attached hydrogens (tertiary/aromatic N) is 1. The summed E-state index contributed by atoms with van der Waals surface area (Å²) in [6.45, 7) is 7.46. The fourth-order valence-corrected chi connectivity index (χ4v) is 1.26. The van der Waals surface area contributed by atoms with E-state index in [1.807, 2.05) is 26.0 Å². The molecule has 0 unspecified atom stereocenters. The number of nitrogens with one attached hydrogen (secondary N) is 1. The van der Waals surface area contributed by atoms with Gasteiger partial charge in [0.05, 0.1) is 0 Å². The summed E-state index contributed by atoms with van der Waals surface area (Å²) in [4.78, 5) is 15.4. The first-order valence-corrected chi connectivity index (χ1v) is 5.90. The molecule has 1 amide bonds. The van der Waals surface area contributed by atoms with Crippen LogP contribution in [-0.2, 0) is 0 Å². The highest BCUT2D eigenvalue weighted by atomic mass is 16.5. The van der Waals surface area contributed by atoms with Gasteiger partial charge in [-0.25, -0.2) is 0 Å². The van der Waals surface area contributed by atoms with E-state index in [4.69, 9.17) is 4.74 Å². The minimum Gasteiger partial charge on any atom is -0.462 e. The summed E-state index contributed by atoms with van der Waals surface area (Å²) in [7, 11) is 1.56. The van der Waals surface area contributed by atoms with E-state index in [0.29, 0.717) is 11.4 Å². The molecule has 4 heteroatoms. The van der Waals surface area contributed by atoms with Crippen LogP contribution in [0.4, 0.5) is 0 Å². The van der Waals surface area contributed by atoms with E-state index < -0.39 is 0 Å². The number of pyridine rings is 1. The van der Waals surface area contributed by atoms with Gasteiger partial charge in [-0.05, 0) is 26.0 Å². The largest absolute Gasteiger partial charge is 0.462 e. The average molecular weight is 258 g/mol. The number of allylic oxidation sites excluding steroid dienone is 5. The van der Waals surface area contributed by atoms with E-state index in [1.165, 1.54) is 6.20 Å². The number of amides is 1. The molecule has 0 bridgehead atoms. The molecule has 0 aliphatic carbocycles. The molecule has 0 aromatic carbocycles. The summed E-state index contributed by atoms with van der Waals surface area (Å²) in [5.41, 5.74) is 1.37. The van der Waals surface area contributed by atoms with Crippen molar-refractivity contribution in [1.82, 2.24) is 10.3 Å². The van der Waals surface area contributed by atoms with Crippen LogP contribution in [0.1, 0.15) is 24.3 Å². The predicted molar refractivity (Wildman–Crippen MR) is 76.0 cm³/mol. The highest BCUT2D eigenvalue weighted by molar-refractivity contribution is 5.92. The van der Waals surface area contributed by atoms with Gasteiger partial charge in [0, 0.05) is 19.3 Å². The van der Waals surface area contributed by atoms with Crippen LogP contribution in [0.15, 0.2) is 54.5 Å². The molecule has 100 valence electrons. The van der Waals surface area contributed by atoms with Crippen LogP contribution >= 0.6 is 0 Å². The monoisotopic (exact) mass is 258 g/mol. The zero-order valence-electron chi connectivity index (χ0n) is 11.4. The first-order chi connectivity index (χ1) is 9.06. The Hall–Kier alpha value is -2.36. The summed E-state index contributed by atoms with van der Waals surface area (Å²) < 4.78 is 5.61. The molecular formula is C15H18N2O2. The first kappa shape index (κ1) is 14.7. The number of aromatic nitrogens is 1. The van der Waals surface area contributed by atoms with Crippen LogP contribution in [0, 0.1) is 0 Å². The van der Waals surface area contributed by atoms with Crippen LogP contribution in [0.5, 0.6) is 5.75 Å². The topological polar surface area (TPSA) is 51.2 Å². The summed E-state index contributed by atoms with van der Waals surface area (Å²) in [6, 6.07) is 3.30. The zero-order valence-corrected chi connectivity index (χ0v) is 11.4. The van der Waals surface area contributed by atoms with Gasteiger partial charge < -0.3 is 10.1 Å². The third-order valence-corrected chi connectivity index (χ3v) is 2.37. The van der Waals surface area contributed by atoms with Crippen LogP contribution in [0.3, 0.4) is 0 Å². The van der Waals surface area contributed by atoms with Crippen molar-refractivity contribution in [2.45, 2.75) is 13.8 Å². The third-order valence-electron chi connectivity index (χ3n) is 2.37. The number of ether oxygens (including phenoxy) is 1. The van der Waals surface area contributed by atoms with E-state index in [1.54, 1.807) is 25.3 Å². The van der Waals surface area contributed by atoms with Gasteiger partial charge in [0.2, 0.25) is 0 Å². The van der Waals surface area contributed by atoms with E-state index in [0.717, 1.165) is 11.3 Å². The number of carbonyl (C=O) groups excluding carboxylic acids is 1. The Labute approximate surface area is 113 Å². The van der Waals surface area contributed by atoms with Crippen LogP contribution in [-0.4, -0.2) is 17.9 Å². The molecule has 1 aromatic heterocycles. The lowest BCUT2D eigenvalue weighted by Crippen LogP contribution is -2.19.